The Kier molecular flexibility index (Phi) is 5.82. The molecule has 1 aromatic carbocycles. The van der Waals surface area contributed by atoms with Crippen LogP contribution in [0.2, 0.25) is 0 Å². The van der Waals surface area contributed by atoms with Crippen LogP contribution in [0.4, 0.5) is 0 Å². The number of ether oxygens (including phenoxy) is 1. The number of carbonyl (C=O) groups excluding carboxylic acids is 1. The number of nitrogens with zero attached hydrogens (tertiary/aromatic N) is 3. The highest BCUT2D eigenvalue weighted by Crippen LogP contribution is 2.27. The second-order valence-corrected chi connectivity index (χ2v) is 6.76. The molecule has 7 heteroatoms. The number of hydrogen-bond acceptors (Lipinski definition) is 4. The minimum atomic E-state index is -0.696. The van der Waals surface area contributed by atoms with Gasteiger partial charge in [0.05, 0.1) is 12.6 Å². The molecule has 0 aliphatic rings. The molecule has 1 amide bonds. The minimum absolute atomic E-state index is 0.257. The van der Waals surface area contributed by atoms with E-state index in [0.717, 1.165) is 29.7 Å². The van der Waals surface area contributed by atoms with Crippen LogP contribution in [0.3, 0.4) is 0 Å². The Morgan fingerprint density at radius 3 is 2.68 bits per heavy atom. The quantitative estimate of drug-likeness (QED) is 0.648. The maximum absolute atomic E-state index is 13.0. The van der Waals surface area contributed by atoms with Gasteiger partial charge < -0.3 is 10.5 Å². The third-order valence-electron chi connectivity index (χ3n) is 4.99. The van der Waals surface area contributed by atoms with Crippen LogP contribution in [0.1, 0.15) is 39.2 Å². The van der Waals surface area contributed by atoms with E-state index in [-0.39, 0.29) is 5.69 Å². The van der Waals surface area contributed by atoms with E-state index in [1.54, 1.807) is 17.9 Å². The molecule has 2 N–H and O–H groups in total. The Morgan fingerprint density at radius 1 is 1.25 bits per heavy atom. The summed E-state index contributed by atoms with van der Waals surface area (Å²) in [5, 5.41) is 0. The van der Waals surface area contributed by atoms with Crippen LogP contribution in [0.15, 0.2) is 41.3 Å². The number of aromatic nitrogens is 3. The molecule has 0 bridgehead atoms. The predicted molar refractivity (Wildman–Crippen MR) is 109 cm³/mol. The maximum atomic E-state index is 13.0. The molecule has 2 heterocycles. The van der Waals surface area contributed by atoms with Gasteiger partial charge in [-0.1, -0.05) is 31.9 Å². The molecule has 3 rings (SSSR count). The summed E-state index contributed by atoms with van der Waals surface area (Å²) in [5.41, 5.74) is 8.35. The normalized spacial score (nSPS) is 12.2. The number of methoxy groups -OCH3 is 1. The topological polar surface area (TPSA) is 92.1 Å². The molecule has 148 valence electrons. The van der Waals surface area contributed by atoms with Crippen molar-refractivity contribution in [1.29, 1.82) is 0 Å². The number of benzene rings is 1. The number of carbonyl (C=O) groups is 1. The highest BCUT2D eigenvalue weighted by molar-refractivity contribution is 5.83. The summed E-state index contributed by atoms with van der Waals surface area (Å²) >= 11 is 0. The number of pyridine rings is 1. The molecule has 0 saturated heterocycles. The molecule has 0 spiro atoms. The zero-order valence-electron chi connectivity index (χ0n) is 16.5. The lowest BCUT2D eigenvalue weighted by atomic mass is 10.1. The second kappa shape index (κ2) is 8.29. The SMILES string of the molecule is CCCCC(C(N)=O)n1c(=O)n(CC)c2cc(-c3cccc(OC)c3)cnc21. The van der Waals surface area contributed by atoms with Gasteiger partial charge in [-0.15, -0.1) is 0 Å². The summed E-state index contributed by atoms with van der Waals surface area (Å²) in [6, 6.07) is 8.89. The molecule has 0 radical (unpaired) electrons. The standard InChI is InChI=1S/C21H26N4O3/c1-4-6-10-17(19(22)26)25-20-18(24(5-2)21(25)27)12-15(13-23-20)14-8-7-9-16(11-14)28-3/h7-9,11-13,17H,4-6,10H2,1-3H3,(H2,22,26). The lowest BCUT2D eigenvalue weighted by Crippen LogP contribution is -2.34. The van der Waals surface area contributed by atoms with Gasteiger partial charge in [-0.2, -0.15) is 0 Å². The highest BCUT2D eigenvalue weighted by atomic mass is 16.5. The van der Waals surface area contributed by atoms with Crippen LogP contribution < -0.4 is 16.2 Å². The number of amides is 1. The fourth-order valence-corrected chi connectivity index (χ4v) is 3.50. The zero-order chi connectivity index (χ0) is 20.3. The van der Waals surface area contributed by atoms with Crippen LogP contribution in [-0.4, -0.2) is 27.1 Å². The third-order valence-corrected chi connectivity index (χ3v) is 4.99. The molecule has 2 aromatic heterocycles. The highest BCUT2D eigenvalue weighted by Gasteiger charge is 2.25. The van der Waals surface area contributed by atoms with Gasteiger partial charge in [-0.3, -0.25) is 13.9 Å². The summed E-state index contributed by atoms with van der Waals surface area (Å²) in [4.78, 5) is 29.7. The molecule has 0 fully saturated rings. The van der Waals surface area contributed by atoms with Gasteiger partial charge in [0.25, 0.3) is 0 Å². The molecule has 3 aromatic rings. The molecular weight excluding hydrogens is 356 g/mol. The van der Waals surface area contributed by atoms with E-state index >= 15 is 0 Å². The zero-order valence-corrected chi connectivity index (χ0v) is 16.5. The molecule has 1 unspecified atom stereocenters. The van der Waals surface area contributed by atoms with Crippen molar-refractivity contribution < 1.29 is 9.53 Å². The average Bonchev–Trinajstić information content (AvgIpc) is 2.98. The van der Waals surface area contributed by atoms with Gasteiger partial charge in [-0.05, 0) is 37.1 Å². The first-order valence-electron chi connectivity index (χ1n) is 9.56. The van der Waals surface area contributed by atoms with E-state index in [9.17, 15) is 9.59 Å². The molecule has 28 heavy (non-hydrogen) atoms. The molecule has 0 saturated carbocycles. The fraction of sp³-hybridized carbons (Fsp3) is 0.381. The predicted octanol–water partition coefficient (Wildman–Crippen LogP) is 3.11. The van der Waals surface area contributed by atoms with Crippen LogP contribution in [0.25, 0.3) is 22.3 Å². The van der Waals surface area contributed by atoms with Gasteiger partial charge in [0.15, 0.2) is 5.65 Å². The summed E-state index contributed by atoms with van der Waals surface area (Å²) in [6.45, 7) is 4.41. The Bertz CT molecular complexity index is 1050. The number of hydrogen-bond donors (Lipinski definition) is 1. The van der Waals surface area contributed by atoms with Crippen molar-refractivity contribution in [3.63, 3.8) is 0 Å². The van der Waals surface area contributed by atoms with Crippen LogP contribution in [0, 0.1) is 0 Å². The third kappa shape index (κ3) is 3.52. The molecule has 0 aliphatic carbocycles. The summed E-state index contributed by atoms with van der Waals surface area (Å²) in [5.74, 6) is 0.237. The first-order chi connectivity index (χ1) is 13.5. The van der Waals surface area contributed by atoms with Crippen molar-refractivity contribution >= 4 is 17.1 Å². The second-order valence-electron chi connectivity index (χ2n) is 6.76. The fourth-order valence-electron chi connectivity index (χ4n) is 3.50. The number of nitrogens with two attached hydrogens (primary N) is 1. The van der Waals surface area contributed by atoms with Crippen molar-refractivity contribution in [2.24, 2.45) is 5.73 Å². The largest absolute Gasteiger partial charge is 0.497 e. The molecule has 0 aliphatic heterocycles. The average molecular weight is 382 g/mol. The molecule has 7 nitrogen and oxygen atoms in total. The van der Waals surface area contributed by atoms with E-state index in [4.69, 9.17) is 10.5 Å². The van der Waals surface area contributed by atoms with Gasteiger partial charge in [0.1, 0.15) is 11.8 Å². The van der Waals surface area contributed by atoms with Crippen molar-refractivity contribution in [3.8, 4) is 16.9 Å². The first kappa shape index (κ1) is 19.7. The number of rotatable bonds is 8. The lowest BCUT2D eigenvalue weighted by Gasteiger charge is -2.14. The summed E-state index contributed by atoms with van der Waals surface area (Å²) in [7, 11) is 1.62. The van der Waals surface area contributed by atoms with Crippen molar-refractivity contribution in [1.82, 2.24) is 14.1 Å². The van der Waals surface area contributed by atoms with Crippen LogP contribution >= 0.6 is 0 Å². The van der Waals surface area contributed by atoms with Gasteiger partial charge in [0, 0.05) is 18.3 Å². The number of primary amides is 1. The van der Waals surface area contributed by atoms with Gasteiger partial charge in [0.2, 0.25) is 5.91 Å². The monoisotopic (exact) mass is 382 g/mol. The molecular formula is C21H26N4O3. The molecule has 1 atom stereocenters. The van der Waals surface area contributed by atoms with Gasteiger partial charge in [-0.25, -0.2) is 9.78 Å². The van der Waals surface area contributed by atoms with E-state index in [2.05, 4.69) is 4.98 Å². The van der Waals surface area contributed by atoms with Crippen molar-refractivity contribution in [2.75, 3.05) is 7.11 Å². The Morgan fingerprint density at radius 2 is 2.04 bits per heavy atom. The van der Waals surface area contributed by atoms with Crippen LogP contribution in [-0.2, 0) is 11.3 Å². The Balaban J connectivity index is 2.19. The van der Waals surface area contributed by atoms with E-state index in [1.165, 1.54) is 4.57 Å². The number of fused-ring (bicyclic) bond motifs is 1. The van der Waals surface area contributed by atoms with Crippen molar-refractivity contribution in [2.45, 2.75) is 45.7 Å². The minimum Gasteiger partial charge on any atom is -0.497 e. The number of imidazole rings is 1. The van der Waals surface area contributed by atoms with E-state index < -0.39 is 11.9 Å². The van der Waals surface area contributed by atoms with Gasteiger partial charge >= 0.3 is 5.69 Å². The maximum Gasteiger partial charge on any atom is 0.331 e. The van der Waals surface area contributed by atoms with Crippen LogP contribution in [0.5, 0.6) is 5.75 Å². The smallest absolute Gasteiger partial charge is 0.331 e. The first-order valence-corrected chi connectivity index (χ1v) is 9.56. The number of unbranched alkanes of at least 4 members (excludes halogenated alkanes) is 1. The lowest BCUT2D eigenvalue weighted by molar-refractivity contribution is -0.121. The Labute approximate surface area is 163 Å². The van der Waals surface area contributed by atoms with Crippen molar-refractivity contribution in [3.05, 3.63) is 47.0 Å². The van der Waals surface area contributed by atoms with E-state index in [0.29, 0.717) is 24.1 Å². The Hall–Kier alpha value is -3.09. The summed E-state index contributed by atoms with van der Waals surface area (Å²) in [6.07, 6.45) is 3.96. The number of aryl methyl sites for hydroxylation is 1. The summed E-state index contributed by atoms with van der Waals surface area (Å²) < 4.78 is 8.38. The van der Waals surface area contributed by atoms with E-state index in [1.807, 2.05) is 44.2 Å².